The molecular formula is C11H9F3N2O. The molecule has 0 N–H and O–H groups in total. The zero-order chi connectivity index (χ0) is 12.9. The minimum Gasteiger partial charge on any atom is -0.380 e. The third kappa shape index (κ3) is 3.79. The van der Waals surface area contributed by atoms with Crippen LogP contribution < -0.4 is 0 Å². The van der Waals surface area contributed by atoms with E-state index in [9.17, 15) is 13.2 Å². The monoisotopic (exact) mass is 242 g/mol. The zero-order valence-electron chi connectivity index (χ0n) is 8.95. The van der Waals surface area contributed by atoms with E-state index in [1.807, 2.05) is 0 Å². The van der Waals surface area contributed by atoms with Gasteiger partial charge < -0.3 is 4.84 Å². The maximum Gasteiger partial charge on any atom is 0.437 e. The third-order valence-electron chi connectivity index (χ3n) is 1.88. The summed E-state index contributed by atoms with van der Waals surface area (Å²) in [5.41, 5.74) is -0.401. The van der Waals surface area contributed by atoms with Crippen LogP contribution in [0.15, 0.2) is 29.4 Å². The number of nitrogens with zero attached hydrogens (tertiary/aromatic N) is 2. The van der Waals surface area contributed by atoms with Gasteiger partial charge in [-0.25, -0.2) is 0 Å². The molecule has 0 fully saturated rings. The molecule has 17 heavy (non-hydrogen) atoms. The van der Waals surface area contributed by atoms with E-state index in [2.05, 4.69) is 9.99 Å². The SMILES string of the molecule is Cc1ccc(/C(=N/OCC#N)C(F)(F)F)cc1. The van der Waals surface area contributed by atoms with E-state index in [4.69, 9.17) is 5.26 Å². The van der Waals surface area contributed by atoms with Crippen molar-refractivity contribution in [3.05, 3.63) is 35.4 Å². The fraction of sp³-hybridized carbons (Fsp3) is 0.273. The van der Waals surface area contributed by atoms with Gasteiger partial charge in [0.05, 0.1) is 0 Å². The van der Waals surface area contributed by atoms with Crippen LogP contribution in [0.3, 0.4) is 0 Å². The van der Waals surface area contributed by atoms with Crippen molar-refractivity contribution in [2.45, 2.75) is 13.1 Å². The van der Waals surface area contributed by atoms with E-state index < -0.39 is 18.5 Å². The molecule has 0 saturated heterocycles. The molecule has 0 heterocycles. The number of benzene rings is 1. The summed E-state index contributed by atoms with van der Waals surface area (Å²) in [5.74, 6) is 0. The van der Waals surface area contributed by atoms with Gasteiger partial charge in [0.15, 0.2) is 5.71 Å². The van der Waals surface area contributed by atoms with E-state index >= 15 is 0 Å². The van der Waals surface area contributed by atoms with Crippen molar-refractivity contribution in [2.24, 2.45) is 5.16 Å². The molecule has 0 amide bonds. The van der Waals surface area contributed by atoms with Gasteiger partial charge in [-0.1, -0.05) is 35.0 Å². The highest BCUT2D eigenvalue weighted by Gasteiger charge is 2.37. The molecule has 0 aromatic heterocycles. The quantitative estimate of drug-likeness (QED) is 0.464. The molecule has 0 bridgehead atoms. The first-order valence-electron chi connectivity index (χ1n) is 4.66. The summed E-state index contributed by atoms with van der Waals surface area (Å²) in [6.07, 6.45) is -4.62. The van der Waals surface area contributed by atoms with Crippen molar-refractivity contribution in [1.82, 2.24) is 0 Å². The molecule has 0 saturated carbocycles. The minimum absolute atomic E-state index is 0.0963. The fourth-order valence-electron chi connectivity index (χ4n) is 1.11. The highest BCUT2D eigenvalue weighted by atomic mass is 19.4. The molecule has 1 aromatic carbocycles. The Morgan fingerprint density at radius 3 is 2.41 bits per heavy atom. The lowest BCUT2D eigenvalue weighted by Gasteiger charge is -2.09. The average molecular weight is 242 g/mol. The Balaban J connectivity index is 3.03. The van der Waals surface area contributed by atoms with Gasteiger partial charge in [-0.2, -0.15) is 18.4 Å². The normalized spacial score (nSPS) is 12.1. The molecular weight excluding hydrogens is 233 g/mol. The Bertz CT molecular complexity index is 443. The second-order valence-corrected chi connectivity index (χ2v) is 3.24. The topological polar surface area (TPSA) is 45.4 Å². The van der Waals surface area contributed by atoms with Crippen LogP contribution in [0.4, 0.5) is 13.2 Å². The van der Waals surface area contributed by atoms with Gasteiger partial charge in [-0.15, -0.1) is 0 Å². The van der Waals surface area contributed by atoms with Crippen LogP contribution in [0.5, 0.6) is 0 Å². The van der Waals surface area contributed by atoms with Crippen LogP contribution in [0.1, 0.15) is 11.1 Å². The zero-order valence-corrected chi connectivity index (χ0v) is 8.95. The molecule has 0 aliphatic carbocycles. The van der Waals surface area contributed by atoms with Crippen LogP contribution >= 0.6 is 0 Å². The third-order valence-corrected chi connectivity index (χ3v) is 1.88. The summed E-state index contributed by atoms with van der Waals surface area (Å²) in [6, 6.07) is 7.23. The summed E-state index contributed by atoms with van der Waals surface area (Å²) in [7, 11) is 0. The number of hydrogen-bond donors (Lipinski definition) is 0. The first kappa shape index (κ1) is 13.0. The smallest absolute Gasteiger partial charge is 0.380 e. The van der Waals surface area contributed by atoms with Crippen LogP contribution in [0, 0.1) is 18.3 Å². The first-order valence-corrected chi connectivity index (χ1v) is 4.66. The Morgan fingerprint density at radius 1 is 1.35 bits per heavy atom. The van der Waals surface area contributed by atoms with Crippen molar-refractivity contribution in [2.75, 3.05) is 6.61 Å². The summed E-state index contributed by atoms with van der Waals surface area (Å²) >= 11 is 0. The molecule has 0 atom stereocenters. The van der Waals surface area contributed by atoms with Gasteiger partial charge in [0.1, 0.15) is 6.07 Å². The van der Waals surface area contributed by atoms with Crippen LogP contribution in [0.25, 0.3) is 0 Å². The molecule has 1 rings (SSSR count). The van der Waals surface area contributed by atoms with Crippen molar-refractivity contribution in [3.8, 4) is 6.07 Å². The number of oxime groups is 1. The Hall–Kier alpha value is -2.03. The van der Waals surface area contributed by atoms with Crippen molar-refractivity contribution < 1.29 is 18.0 Å². The second-order valence-electron chi connectivity index (χ2n) is 3.24. The number of alkyl halides is 3. The van der Waals surface area contributed by atoms with E-state index in [1.54, 1.807) is 19.1 Å². The number of halogens is 3. The number of rotatable bonds is 3. The van der Waals surface area contributed by atoms with E-state index in [0.717, 1.165) is 5.56 Å². The van der Waals surface area contributed by atoms with Gasteiger partial charge in [0.2, 0.25) is 6.61 Å². The molecule has 3 nitrogen and oxygen atoms in total. The maximum atomic E-state index is 12.6. The summed E-state index contributed by atoms with van der Waals surface area (Å²) in [6.45, 7) is 1.24. The lowest BCUT2D eigenvalue weighted by molar-refractivity contribution is -0.0611. The predicted molar refractivity (Wildman–Crippen MR) is 55.3 cm³/mol. The van der Waals surface area contributed by atoms with Gasteiger partial charge in [-0.3, -0.25) is 0 Å². The highest BCUT2D eigenvalue weighted by Crippen LogP contribution is 2.23. The fourth-order valence-corrected chi connectivity index (χ4v) is 1.11. The summed E-state index contributed by atoms with van der Waals surface area (Å²) < 4.78 is 37.9. The van der Waals surface area contributed by atoms with Gasteiger partial charge >= 0.3 is 6.18 Å². The molecule has 90 valence electrons. The average Bonchev–Trinajstić information content (AvgIpc) is 2.25. The minimum atomic E-state index is -4.62. The van der Waals surface area contributed by atoms with Crippen LogP contribution in [-0.4, -0.2) is 18.5 Å². The van der Waals surface area contributed by atoms with Gasteiger partial charge in [-0.05, 0) is 6.92 Å². The number of nitriles is 1. The lowest BCUT2D eigenvalue weighted by atomic mass is 10.1. The second kappa shape index (κ2) is 5.34. The number of hydrogen-bond acceptors (Lipinski definition) is 3. The highest BCUT2D eigenvalue weighted by molar-refractivity contribution is 6.04. The largest absolute Gasteiger partial charge is 0.437 e. The predicted octanol–water partition coefficient (Wildman–Crippen LogP) is 2.80. The number of aryl methyl sites for hydroxylation is 1. The molecule has 0 spiro atoms. The maximum absolute atomic E-state index is 12.6. The van der Waals surface area contributed by atoms with Crippen molar-refractivity contribution in [3.63, 3.8) is 0 Å². The first-order chi connectivity index (χ1) is 7.95. The van der Waals surface area contributed by atoms with Crippen LogP contribution in [0.2, 0.25) is 0 Å². The molecule has 0 radical (unpaired) electrons. The molecule has 1 aromatic rings. The van der Waals surface area contributed by atoms with Gasteiger partial charge in [0.25, 0.3) is 0 Å². The Morgan fingerprint density at radius 2 is 1.94 bits per heavy atom. The lowest BCUT2D eigenvalue weighted by Crippen LogP contribution is -2.24. The van der Waals surface area contributed by atoms with Crippen LogP contribution in [-0.2, 0) is 4.84 Å². The molecule has 0 aliphatic heterocycles. The van der Waals surface area contributed by atoms with Crippen molar-refractivity contribution in [1.29, 1.82) is 5.26 Å². The summed E-state index contributed by atoms with van der Waals surface area (Å²) in [5, 5.41) is 11.1. The van der Waals surface area contributed by atoms with Crippen molar-refractivity contribution >= 4 is 5.71 Å². The Labute approximate surface area is 96.1 Å². The van der Waals surface area contributed by atoms with Gasteiger partial charge in [0, 0.05) is 5.56 Å². The molecule has 0 aliphatic rings. The molecule has 6 heteroatoms. The van der Waals surface area contributed by atoms with E-state index in [-0.39, 0.29) is 5.56 Å². The Kier molecular flexibility index (Phi) is 4.10. The summed E-state index contributed by atoms with van der Waals surface area (Å²) in [4.78, 5) is 4.26. The molecule has 0 unspecified atom stereocenters. The van der Waals surface area contributed by atoms with E-state index in [0.29, 0.717) is 0 Å². The standard InChI is InChI=1S/C11H9F3N2O/c1-8-2-4-9(5-3-8)10(11(12,13)14)16-17-7-6-15/h2-5H,7H2,1H3/b16-10-. The van der Waals surface area contributed by atoms with E-state index in [1.165, 1.54) is 18.2 Å².